The first-order valence-electron chi connectivity index (χ1n) is 9.83. The molecule has 0 saturated carbocycles. The van der Waals surface area contributed by atoms with E-state index in [1.54, 1.807) is 19.2 Å². The Balaban J connectivity index is 1.73. The molecule has 4 rings (SSSR count). The van der Waals surface area contributed by atoms with Gasteiger partial charge in [-0.1, -0.05) is 12.1 Å². The maximum Gasteiger partial charge on any atom is 0.146 e. The zero-order valence-electron chi connectivity index (χ0n) is 17.3. The van der Waals surface area contributed by atoms with Gasteiger partial charge in [0.25, 0.3) is 0 Å². The number of halogens is 1. The molecule has 0 saturated heterocycles. The van der Waals surface area contributed by atoms with Crippen molar-refractivity contribution in [2.24, 2.45) is 0 Å². The Morgan fingerprint density at radius 3 is 2.52 bits per heavy atom. The number of methoxy groups -OCH3 is 1. The van der Waals surface area contributed by atoms with Crippen LogP contribution in [0.3, 0.4) is 0 Å². The second-order valence-electron chi connectivity index (χ2n) is 6.96. The molecule has 0 atom stereocenters. The fourth-order valence-corrected chi connectivity index (χ4v) is 3.13. The predicted octanol–water partition coefficient (Wildman–Crippen LogP) is 4.17. The highest BCUT2D eigenvalue weighted by Gasteiger charge is 2.13. The average Bonchev–Trinajstić information content (AvgIpc) is 2.79. The van der Waals surface area contributed by atoms with E-state index in [-0.39, 0.29) is 5.82 Å². The van der Waals surface area contributed by atoms with Crippen LogP contribution in [0.25, 0.3) is 22.0 Å². The van der Waals surface area contributed by atoms with Crippen LogP contribution in [-0.2, 0) is 11.3 Å². The maximum absolute atomic E-state index is 13.4. The molecule has 0 unspecified atom stereocenters. The number of rotatable bonds is 8. The van der Waals surface area contributed by atoms with Crippen molar-refractivity contribution in [1.82, 2.24) is 20.2 Å². The summed E-state index contributed by atoms with van der Waals surface area (Å²) in [5.74, 6) is 0.966. The molecule has 8 heteroatoms. The smallest absolute Gasteiger partial charge is 0.146 e. The lowest BCUT2D eigenvalue weighted by Crippen LogP contribution is -2.07. The number of aromatic nitrogens is 4. The number of hydrogen-bond donors (Lipinski definition) is 1. The van der Waals surface area contributed by atoms with Gasteiger partial charge in [0.1, 0.15) is 35.8 Å². The molecular weight excluding hydrogens is 397 g/mol. The third-order valence-electron chi connectivity index (χ3n) is 4.72. The van der Waals surface area contributed by atoms with Gasteiger partial charge in [0.2, 0.25) is 0 Å². The highest BCUT2D eigenvalue weighted by Crippen LogP contribution is 2.34. The second-order valence-corrected chi connectivity index (χ2v) is 6.96. The van der Waals surface area contributed by atoms with Crippen molar-refractivity contribution < 1.29 is 13.9 Å². The first-order valence-corrected chi connectivity index (χ1v) is 9.83. The summed E-state index contributed by atoms with van der Waals surface area (Å²) in [6, 6.07) is 14.0. The van der Waals surface area contributed by atoms with Crippen LogP contribution in [0.5, 0.6) is 5.75 Å². The molecule has 31 heavy (non-hydrogen) atoms. The summed E-state index contributed by atoms with van der Waals surface area (Å²) >= 11 is 0. The quantitative estimate of drug-likeness (QED) is 0.429. The predicted molar refractivity (Wildman–Crippen MR) is 116 cm³/mol. The summed E-state index contributed by atoms with van der Waals surface area (Å²) < 4.78 is 24.4. The van der Waals surface area contributed by atoms with E-state index in [1.165, 1.54) is 18.5 Å². The molecule has 0 amide bonds. The Kier molecular flexibility index (Phi) is 6.28. The number of anilines is 1. The summed E-state index contributed by atoms with van der Waals surface area (Å²) in [4.78, 5) is 8.85. The van der Waals surface area contributed by atoms with Crippen molar-refractivity contribution >= 4 is 16.7 Å². The van der Waals surface area contributed by atoms with Gasteiger partial charge >= 0.3 is 0 Å². The third-order valence-corrected chi connectivity index (χ3v) is 4.72. The van der Waals surface area contributed by atoms with Crippen molar-refractivity contribution in [2.75, 3.05) is 25.6 Å². The summed E-state index contributed by atoms with van der Waals surface area (Å²) in [6.45, 7) is 3.18. The van der Waals surface area contributed by atoms with Gasteiger partial charge in [0.05, 0.1) is 24.5 Å². The van der Waals surface area contributed by atoms with Gasteiger partial charge in [0, 0.05) is 12.5 Å². The van der Waals surface area contributed by atoms with Gasteiger partial charge in [-0.05, 0) is 54.4 Å². The Labute approximate surface area is 179 Å². The van der Waals surface area contributed by atoms with Crippen LogP contribution in [-0.4, -0.2) is 40.5 Å². The van der Waals surface area contributed by atoms with E-state index < -0.39 is 0 Å². The molecule has 0 spiro atoms. The Morgan fingerprint density at radius 2 is 1.77 bits per heavy atom. The lowest BCUT2D eigenvalue weighted by atomic mass is 10.0. The van der Waals surface area contributed by atoms with Crippen molar-refractivity contribution in [3.8, 4) is 16.9 Å². The topological polar surface area (TPSA) is 82.0 Å². The third kappa shape index (κ3) is 4.92. The molecule has 1 N–H and O–H groups in total. The molecule has 2 aromatic heterocycles. The van der Waals surface area contributed by atoms with E-state index in [0.29, 0.717) is 36.8 Å². The summed E-state index contributed by atoms with van der Waals surface area (Å²) in [5, 5.41) is 12.4. The molecular formula is C23H22FN5O2. The lowest BCUT2D eigenvalue weighted by molar-refractivity contribution is 0.147. The Hall–Kier alpha value is -3.65. The largest absolute Gasteiger partial charge is 0.489 e. The van der Waals surface area contributed by atoms with Crippen LogP contribution in [0.1, 0.15) is 11.4 Å². The number of hydrogen-bond acceptors (Lipinski definition) is 7. The van der Waals surface area contributed by atoms with Crippen LogP contribution in [0.2, 0.25) is 0 Å². The molecule has 2 heterocycles. The molecule has 0 aliphatic rings. The van der Waals surface area contributed by atoms with Crippen LogP contribution in [0, 0.1) is 12.7 Å². The molecule has 0 bridgehead atoms. The minimum atomic E-state index is -0.286. The van der Waals surface area contributed by atoms with Crippen LogP contribution < -0.4 is 10.1 Å². The van der Waals surface area contributed by atoms with E-state index in [4.69, 9.17) is 9.47 Å². The average molecular weight is 419 g/mol. The molecule has 0 aliphatic carbocycles. The molecule has 2 aromatic carbocycles. The highest BCUT2D eigenvalue weighted by atomic mass is 19.1. The van der Waals surface area contributed by atoms with Gasteiger partial charge in [-0.2, -0.15) is 10.2 Å². The first kappa shape index (κ1) is 20.6. The van der Waals surface area contributed by atoms with Crippen molar-refractivity contribution in [3.63, 3.8) is 0 Å². The molecule has 4 aromatic rings. The molecule has 0 aliphatic heterocycles. The molecule has 0 fully saturated rings. The van der Waals surface area contributed by atoms with Gasteiger partial charge < -0.3 is 14.8 Å². The zero-order chi connectivity index (χ0) is 21.6. The van der Waals surface area contributed by atoms with Crippen molar-refractivity contribution in [2.45, 2.75) is 13.5 Å². The van der Waals surface area contributed by atoms with Crippen molar-refractivity contribution in [3.05, 3.63) is 72.1 Å². The van der Waals surface area contributed by atoms with Gasteiger partial charge in [-0.15, -0.1) is 0 Å². The number of fused-ring (bicyclic) bond motifs is 1. The van der Waals surface area contributed by atoms with Gasteiger partial charge in [-0.3, -0.25) is 0 Å². The standard InChI is InChI=1S/C23H22FN5O2/c1-15-3-8-19(29-28-15)13-25-23-20-11-17(16-4-6-18(24)7-5-16)12-21(31-10-9-30-2)22(20)26-14-27-23/h3-8,11-12,14H,9-10,13H2,1-2H3,(H,25,26,27). The summed E-state index contributed by atoms with van der Waals surface area (Å²) in [7, 11) is 1.62. The number of ether oxygens (including phenoxy) is 2. The van der Waals surface area contributed by atoms with Gasteiger partial charge in [-0.25, -0.2) is 14.4 Å². The number of nitrogens with one attached hydrogen (secondary N) is 1. The monoisotopic (exact) mass is 419 g/mol. The summed E-state index contributed by atoms with van der Waals surface area (Å²) in [5.41, 5.74) is 4.06. The SMILES string of the molecule is COCCOc1cc(-c2ccc(F)cc2)cc2c(NCc3ccc(C)nn3)ncnc12. The van der Waals surface area contributed by atoms with E-state index in [1.807, 2.05) is 31.2 Å². The number of aryl methyl sites for hydroxylation is 1. The fourth-order valence-electron chi connectivity index (χ4n) is 3.13. The number of benzene rings is 2. The molecule has 0 radical (unpaired) electrons. The summed E-state index contributed by atoms with van der Waals surface area (Å²) in [6.07, 6.45) is 1.49. The molecule has 158 valence electrons. The van der Waals surface area contributed by atoms with Crippen molar-refractivity contribution in [1.29, 1.82) is 0 Å². The normalized spacial score (nSPS) is 10.9. The minimum absolute atomic E-state index is 0.286. The van der Waals surface area contributed by atoms with Crippen LogP contribution in [0.4, 0.5) is 10.2 Å². The minimum Gasteiger partial charge on any atom is -0.489 e. The first-order chi connectivity index (χ1) is 15.1. The van der Waals surface area contributed by atoms with Gasteiger partial charge in [0.15, 0.2) is 0 Å². The lowest BCUT2D eigenvalue weighted by Gasteiger charge is -2.14. The van der Waals surface area contributed by atoms with E-state index in [0.717, 1.165) is 27.9 Å². The second kappa shape index (κ2) is 9.44. The van der Waals surface area contributed by atoms with Crippen LogP contribution in [0.15, 0.2) is 54.9 Å². The fraction of sp³-hybridized carbons (Fsp3) is 0.217. The number of nitrogens with zero attached hydrogens (tertiary/aromatic N) is 4. The highest BCUT2D eigenvalue weighted by molar-refractivity contribution is 5.96. The van der Waals surface area contributed by atoms with E-state index in [2.05, 4.69) is 25.5 Å². The maximum atomic E-state index is 13.4. The van der Waals surface area contributed by atoms with E-state index in [9.17, 15) is 4.39 Å². The molecule has 7 nitrogen and oxygen atoms in total. The van der Waals surface area contributed by atoms with E-state index >= 15 is 0 Å². The van der Waals surface area contributed by atoms with Crippen LogP contribution >= 0.6 is 0 Å². The zero-order valence-corrected chi connectivity index (χ0v) is 17.3. The Morgan fingerprint density at radius 1 is 0.935 bits per heavy atom. The Bertz CT molecular complexity index is 1170.